The molecule has 0 amide bonds. The van der Waals surface area contributed by atoms with Gasteiger partial charge in [0.25, 0.3) is 0 Å². The van der Waals surface area contributed by atoms with Crippen LogP contribution in [0.2, 0.25) is 5.02 Å². The third-order valence-electron chi connectivity index (χ3n) is 3.67. The van der Waals surface area contributed by atoms with Gasteiger partial charge in [0.2, 0.25) is 5.95 Å². The van der Waals surface area contributed by atoms with Crippen LogP contribution in [0.1, 0.15) is 5.56 Å². The van der Waals surface area contributed by atoms with E-state index in [4.69, 9.17) is 17.3 Å². The van der Waals surface area contributed by atoms with Crippen LogP contribution in [0.5, 0.6) is 0 Å². The smallest absolute Gasteiger partial charge is 0.245 e. The summed E-state index contributed by atoms with van der Waals surface area (Å²) in [6.45, 7) is 0.534. The van der Waals surface area contributed by atoms with Crippen LogP contribution in [0.3, 0.4) is 0 Å². The molecule has 4 N–H and O–H groups in total. The summed E-state index contributed by atoms with van der Waals surface area (Å²) < 4.78 is 0. The van der Waals surface area contributed by atoms with Crippen molar-refractivity contribution in [3.05, 3.63) is 53.1 Å². The quantitative estimate of drug-likeness (QED) is 0.502. The van der Waals surface area contributed by atoms with E-state index in [0.717, 1.165) is 22.2 Å². The maximum Gasteiger partial charge on any atom is 0.245 e. The van der Waals surface area contributed by atoms with E-state index in [0.29, 0.717) is 28.7 Å². The van der Waals surface area contributed by atoms with Crippen LogP contribution >= 0.6 is 11.6 Å². The van der Waals surface area contributed by atoms with Crippen molar-refractivity contribution >= 4 is 45.3 Å². The minimum absolute atomic E-state index is 0.443. The maximum atomic E-state index is 6.03. The van der Waals surface area contributed by atoms with E-state index in [1.54, 1.807) is 0 Å². The number of halogens is 1. The largest absolute Gasteiger partial charge is 0.398 e. The maximum absolute atomic E-state index is 6.03. The van der Waals surface area contributed by atoms with Crippen molar-refractivity contribution in [2.45, 2.75) is 6.54 Å². The van der Waals surface area contributed by atoms with Crippen LogP contribution < -0.4 is 11.1 Å². The number of hydrogen-bond donors (Lipinski definition) is 3. The molecule has 2 aromatic heterocycles. The van der Waals surface area contributed by atoms with Crippen LogP contribution in [0.15, 0.2) is 42.5 Å². The molecule has 0 saturated carbocycles. The molecule has 2 heterocycles. The number of anilines is 2. The number of benzene rings is 2. The van der Waals surface area contributed by atoms with Gasteiger partial charge >= 0.3 is 0 Å². The molecule has 0 unspecified atom stereocenters. The Kier molecular flexibility index (Phi) is 3.24. The molecule has 0 fully saturated rings. The molecule has 0 aliphatic heterocycles. The third-order valence-corrected chi connectivity index (χ3v) is 3.90. The number of nitrogens with one attached hydrogen (secondary N) is 2. The van der Waals surface area contributed by atoms with Gasteiger partial charge in [-0.15, -0.1) is 10.2 Å². The fourth-order valence-corrected chi connectivity index (χ4v) is 2.66. The topological polar surface area (TPSA) is 92.5 Å². The van der Waals surface area contributed by atoms with Crippen molar-refractivity contribution in [1.29, 1.82) is 0 Å². The highest BCUT2D eigenvalue weighted by atomic mass is 35.5. The summed E-state index contributed by atoms with van der Waals surface area (Å²) in [6, 6.07) is 13.2. The average molecular weight is 325 g/mol. The normalized spacial score (nSPS) is 11.2. The van der Waals surface area contributed by atoms with Crippen molar-refractivity contribution in [3.63, 3.8) is 0 Å². The molecule has 0 saturated heterocycles. The summed E-state index contributed by atoms with van der Waals surface area (Å²) in [6.07, 6.45) is 0. The number of rotatable bonds is 3. The van der Waals surface area contributed by atoms with Crippen LogP contribution in [0, 0.1) is 0 Å². The number of nitrogens with zero attached hydrogens (tertiary/aromatic N) is 3. The molecule has 4 aromatic rings. The standard InChI is InChI=1S/C16H13ClN6/c17-10-5-6-13-11(7-10)14-15(20-13)21-16(23-22-14)19-8-9-3-1-2-4-12(9)18/h1-7H,8,18H2,(H2,19,20,21,23). The van der Waals surface area contributed by atoms with Crippen LogP contribution in [0.25, 0.3) is 22.1 Å². The molecule has 0 aliphatic carbocycles. The van der Waals surface area contributed by atoms with Crippen molar-refractivity contribution in [2.75, 3.05) is 11.1 Å². The molecule has 0 spiro atoms. The van der Waals surface area contributed by atoms with Gasteiger partial charge in [0.1, 0.15) is 5.52 Å². The van der Waals surface area contributed by atoms with Crippen LogP contribution in [0.4, 0.5) is 11.6 Å². The molecule has 0 radical (unpaired) electrons. The number of nitrogens with two attached hydrogens (primary N) is 1. The Morgan fingerprint density at radius 2 is 2.00 bits per heavy atom. The van der Waals surface area contributed by atoms with E-state index in [1.807, 2.05) is 42.5 Å². The molecule has 0 atom stereocenters. The van der Waals surface area contributed by atoms with E-state index in [2.05, 4.69) is 25.5 Å². The molecule has 114 valence electrons. The summed E-state index contributed by atoms with van der Waals surface area (Å²) in [7, 11) is 0. The summed E-state index contributed by atoms with van der Waals surface area (Å²) in [5, 5.41) is 13.1. The first-order valence-corrected chi connectivity index (χ1v) is 7.47. The Labute approximate surface area is 136 Å². The Balaban J connectivity index is 1.66. The Morgan fingerprint density at radius 3 is 2.87 bits per heavy atom. The van der Waals surface area contributed by atoms with E-state index in [9.17, 15) is 0 Å². The third kappa shape index (κ3) is 2.53. The second kappa shape index (κ2) is 5.40. The molecule has 0 aliphatic rings. The summed E-state index contributed by atoms with van der Waals surface area (Å²) in [4.78, 5) is 7.68. The number of fused-ring (bicyclic) bond motifs is 3. The van der Waals surface area contributed by atoms with E-state index in [1.165, 1.54) is 0 Å². The minimum atomic E-state index is 0.443. The van der Waals surface area contributed by atoms with Gasteiger partial charge in [-0.05, 0) is 29.8 Å². The monoisotopic (exact) mass is 324 g/mol. The molecular formula is C16H13ClN6. The van der Waals surface area contributed by atoms with Crippen molar-refractivity contribution < 1.29 is 0 Å². The molecule has 6 nitrogen and oxygen atoms in total. The molecular weight excluding hydrogens is 312 g/mol. The number of hydrogen-bond acceptors (Lipinski definition) is 5. The number of aromatic nitrogens is 4. The van der Waals surface area contributed by atoms with Crippen LogP contribution in [-0.4, -0.2) is 20.2 Å². The highest BCUT2D eigenvalue weighted by Gasteiger charge is 2.09. The summed E-state index contributed by atoms with van der Waals surface area (Å²) in [5.41, 5.74) is 9.94. The van der Waals surface area contributed by atoms with Gasteiger partial charge < -0.3 is 16.0 Å². The number of nitrogen functional groups attached to an aromatic ring is 1. The van der Waals surface area contributed by atoms with Gasteiger partial charge in [0.05, 0.1) is 0 Å². The zero-order chi connectivity index (χ0) is 15.8. The number of aromatic amines is 1. The minimum Gasteiger partial charge on any atom is -0.398 e. The molecule has 4 rings (SSSR count). The Bertz CT molecular complexity index is 1010. The van der Waals surface area contributed by atoms with Gasteiger partial charge in [-0.1, -0.05) is 29.8 Å². The molecule has 2 aromatic carbocycles. The predicted octanol–water partition coefficient (Wildman–Crippen LogP) is 3.35. The highest BCUT2D eigenvalue weighted by Crippen LogP contribution is 2.25. The first-order chi connectivity index (χ1) is 11.2. The second-order valence-corrected chi connectivity index (χ2v) is 5.64. The first-order valence-electron chi connectivity index (χ1n) is 7.09. The summed E-state index contributed by atoms with van der Waals surface area (Å²) in [5.74, 6) is 0.443. The number of H-pyrrole nitrogens is 1. The zero-order valence-corrected chi connectivity index (χ0v) is 12.8. The SMILES string of the molecule is Nc1ccccc1CNc1nnc2c(n1)[nH]c1ccc(Cl)cc12. The van der Waals surface area contributed by atoms with Crippen LogP contribution in [-0.2, 0) is 6.54 Å². The lowest BCUT2D eigenvalue weighted by molar-refractivity contribution is 0.984. The fourth-order valence-electron chi connectivity index (χ4n) is 2.49. The molecule has 23 heavy (non-hydrogen) atoms. The average Bonchev–Trinajstić information content (AvgIpc) is 2.91. The van der Waals surface area contributed by atoms with Gasteiger partial charge in [0.15, 0.2) is 5.65 Å². The van der Waals surface area contributed by atoms with Gasteiger partial charge in [0, 0.05) is 28.2 Å². The second-order valence-electron chi connectivity index (χ2n) is 5.20. The fraction of sp³-hybridized carbons (Fsp3) is 0.0625. The molecule has 7 heteroatoms. The van der Waals surface area contributed by atoms with Gasteiger partial charge in [-0.25, -0.2) is 0 Å². The van der Waals surface area contributed by atoms with E-state index in [-0.39, 0.29) is 0 Å². The Hall–Kier alpha value is -2.86. The van der Waals surface area contributed by atoms with Crippen molar-refractivity contribution in [2.24, 2.45) is 0 Å². The Morgan fingerprint density at radius 1 is 1.13 bits per heavy atom. The first kappa shape index (κ1) is 13.8. The van der Waals surface area contributed by atoms with Crippen molar-refractivity contribution in [3.8, 4) is 0 Å². The number of para-hydroxylation sites is 1. The zero-order valence-electron chi connectivity index (χ0n) is 12.0. The highest BCUT2D eigenvalue weighted by molar-refractivity contribution is 6.31. The lowest BCUT2D eigenvalue weighted by Crippen LogP contribution is -2.06. The van der Waals surface area contributed by atoms with Gasteiger partial charge in [-0.3, -0.25) is 0 Å². The summed E-state index contributed by atoms with van der Waals surface area (Å²) >= 11 is 6.03. The molecule has 0 bridgehead atoms. The van der Waals surface area contributed by atoms with E-state index >= 15 is 0 Å². The lowest BCUT2D eigenvalue weighted by Gasteiger charge is -2.06. The van der Waals surface area contributed by atoms with Gasteiger partial charge in [-0.2, -0.15) is 4.98 Å². The predicted molar refractivity (Wildman–Crippen MR) is 92.4 cm³/mol. The van der Waals surface area contributed by atoms with Crippen molar-refractivity contribution in [1.82, 2.24) is 20.2 Å². The van der Waals surface area contributed by atoms with E-state index < -0.39 is 0 Å². The lowest BCUT2D eigenvalue weighted by atomic mass is 10.2.